The largest absolute Gasteiger partial charge is 0.497 e. The highest BCUT2D eigenvalue weighted by atomic mass is 16.5. The molecule has 0 bridgehead atoms. The van der Waals surface area contributed by atoms with Crippen molar-refractivity contribution in [1.82, 2.24) is 0 Å². The van der Waals surface area contributed by atoms with Crippen molar-refractivity contribution in [3.8, 4) is 5.75 Å². The summed E-state index contributed by atoms with van der Waals surface area (Å²) in [4.78, 5) is 16.5. The number of likely N-dealkylation sites (N-methyl/N-ethyl adjacent to an activating group) is 1. The van der Waals surface area contributed by atoms with Crippen molar-refractivity contribution in [3.63, 3.8) is 0 Å². The molecule has 3 heterocycles. The van der Waals surface area contributed by atoms with Gasteiger partial charge < -0.3 is 29.5 Å². The molecule has 7 unspecified atom stereocenters. The van der Waals surface area contributed by atoms with Crippen LogP contribution in [0.4, 0.5) is 5.69 Å². The van der Waals surface area contributed by atoms with Gasteiger partial charge in [0.05, 0.1) is 44.2 Å². The second-order valence-corrected chi connectivity index (χ2v) is 9.32. The van der Waals surface area contributed by atoms with E-state index in [0.29, 0.717) is 6.42 Å². The summed E-state index contributed by atoms with van der Waals surface area (Å²) >= 11 is 0. The lowest BCUT2D eigenvalue weighted by atomic mass is 9.48. The quantitative estimate of drug-likeness (QED) is 0.463. The van der Waals surface area contributed by atoms with Crippen molar-refractivity contribution < 1.29 is 29.4 Å². The first kappa shape index (κ1) is 19.8. The van der Waals surface area contributed by atoms with E-state index in [2.05, 4.69) is 18.2 Å². The minimum absolute atomic E-state index is 0.0574. The molecule has 0 radical (unpaired) electrons. The van der Waals surface area contributed by atoms with E-state index in [9.17, 15) is 15.0 Å². The topological polar surface area (TPSA) is 83.7 Å². The van der Waals surface area contributed by atoms with Gasteiger partial charge in [-0.25, -0.2) is 4.79 Å². The minimum atomic E-state index is -2.06. The molecule has 4 aliphatic rings. The third-order valence-corrected chi connectivity index (χ3v) is 8.56. The Bertz CT molecular complexity index is 934. The van der Waals surface area contributed by atoms with Gasteiger partial charge in [-0.05, 0) is 24.1 Å². The molecule has 1 saturated carbocycles. The summed E-state index contributed by atoms with van der Waals surface area (Å²) in [6.45, 7) is 3.85. The number of methoxy groups -OCH3 is 2. The number of nitrogens with zero attached hydrogens (tertiary/aromatic N) is 1. The van der Waals surface area contributed by atoms with Crippen molar-refractivity contribution in [1.29, 1.82) is 0 Å². The van der Waals surface area contributed by atoms with Gasteiger partial charge in [0.1, 0.15) is 17.9 Å². The molecule has 5 rings (SSSR count). The lowest BCUT2D eigenvalue weighted by molar-refractivity contribution is -0.920. The number of anilines is 1. The maximum absolute atomic E-state index is 13.2. The van der Waals surface area contributed by atoms with Crippen molar-refractivity contribution in [2.24, 2.45) is 5.41 Å². The lowest BCUT2D eigenvalue weighted by Gasteiger charge is -2.60. The summed E-state index contributed by atoms with van der Waals surface area (Å²) in [5.41, 5.74) is -1.19. The van der Waals surface area contributed by atoms with Gasteiger partial charge in [0.2, 0.25) is 5.60 Å². The second kappa shape index (κ2) is 6.22. The van der Waals surface area contributed by atoms with Crippen LogP contribution in [0.3, 0.4) is 0 Å². The highest BCUT2D eigenvalue weighted by Crippen LogP contribution is 2.63. The molecule has 7 nitrogen and oxygen atoms in total. The Labute approximate surface area is 176 Å². The molecule has 1 aliphatic carbocycles. The highest BCUT2D eigenvalue weighted by molar-refractivity contribution is 5.86. The summed E-state index contributed by atoms with van der Waals surface area (Å²) in [5.74, 6) is -0.0463. The summed E-state index contributed by atoms with van der Waals surface area (Å²) in [5, 5.41) is 23.8. The van der Waals surface area contributed by atoms with E-state index in [0.717, 1.165) is 36.5 Å². The maximum atomic E-state index is 13.2. The van der Waals surface area contributed by atoms with Crippen LogP contribution in [0.25, 0.3) is 0 Å². The fourth-order valence-electron chi connectivity index (χ4n) is 7.56. The first-order valence-electron chi connectivity index (χ1n) is 10.8. The Hall–Kier alpha value is -2.09. The molecule has 1 aromatic carbocycles. The van der Waals surface area contributed by atoms with Crippen molar-refractivity contribution in [2.75, 3.05) is 39.3 Å². The van der Waals surface area contributed by atoms with Crippen LogP contribution in [-0.2, 0) is 14.9 Å². The zero-order valence-electron chi connectivity index (χ0n) is 18.0. The van der Waals surface area contributed by atoms with Gasteiger partial charge in [0.15, 0.2) is 0 Å². The maximum Gasteiger partial charge on any atom is 0.342 e. The molecular formula is C23H31N2O5+. The predicted molar refractivity (Wildman–Crippen MR) is 111 cm³/mol. The van der Waals surface area contributed by atoms with E-state index in [-0.39, 0.29) is 6.04 Å². The molecule has 3 aliphatic heterocycles. The van der Waals surface area contributed by atoms with Crippen LogP contribution in [0.1, 0.15) is 25.3 Å². The molecule has 162 valence electrons. The van der Waals surface area contributed by atoms with Crippen molar-refractivity contribution in [3.05, 3.63) is 35.9 Å². The number of fused-ring (bicyclic) bond motifs is 1. The SMILES string of the molecule is CCC12C=CC[NH+]3CCC4(c5ccc(OC)cc5N(C)C4C(O)(C(=O)OC)C1O)C32. The second-order valence-electron chi connectivity index (χ2n) is 9.32. The number of ether oxygens (including phenoxy) is 2. The molecular weight excluding hydrogens is 384 g/mol. The zero-order chi connectivity index (χ0) is 21.5. The molecule has 30 heavy (non-hydrogen) atoms. The number of rotatable bonds is 3. The van der Waals surface area contributed by atoms with Gasteiger partial charge >= 0.3 is 5.97 Å². The fraction of sp³-hybridized carbons (Fsp3) is 0.609. The number of hydrogen-bond donors (Lipinski definition) is 3. The zero-order valence-corrected chi connectivity index (χ0v) is 18.0. The molecule has 1 spiro atoms. The van der Waals surface area contributed by atoms with E-state index in [1.807, 2.05) is 31.0 Å². The standard InChI is InChI=1S/C23H30N2O5/c1-5-21-9-6-11-25-12-10-22(17(21)25)15-8-7-14(29-3)13-16(15)24(2)18(22)23(28,19(21)26)20(27)30-4/h6-9,13,17-19,26,28H,5,10-12H2,1-4H3/p+1. The van der Waals surface area contributed by atoms with Crippen LogP contribution in [0.2, 0.25) is 0 Å². The van der Waals surface area contributed by atoms with E-state index >= 15 is 0 Å². The first-order chi connectivity index (χ1) is 14.3. The van der Waals surface area contributed by atoms with Gasteiger partial charge in [-0.2, -0.15) is 0 Å². The number of aliphatic hydroxyl groups excluding tert-OH is 1. The summed E-state index contributed by atoms with van der Waals surface area (Å²) in [6, 6.07) is 5.44. The Morgan fingerprint density at radius 3 is 2.80 bits per heavy atom. The number of aliphatic hydroxyl groups is 2. The van der Waals surface area contributed by atoms with E-state index in [1.165, 1.54) is 12.0 Å². The first-order valence-corrected chi connectivity index (χ1v) is 10.8. The smallest absolute Gasteiger partial charge is 0.342 e. The van der Waals surface area contributed by atoms with Gasteiger partial charge in [-0.3, -0.25) is 0 Å². The lowest BCUT2D eigenvalue weighted by Crippen LogP contribution is -3.18. The number of hydrogen-bond acceptors (Lipinski definition) is 6. The fourth-order valence-corrected chi connectivity index (χ4v) is 7.56. The Kier molecular flexibility index (Phi) is 4.11. The summed E-state index contributed by atoms with van der Waals surface area (Å²) < 4.78 is 10.6. The molecule has 0 aromatic heterocycles. The van der Waals surface area contributed by atoms with Crippen molar-refractivity contribution >= 4 is 11.7 Å². The number of carbonyl (C=O) groups excluding carboxylic acids is 1. The van der Waals surface area contributed by atoms with Crippen molar-refractivity contribution in [2.45, 2.75) is 49.0 Å². The van der Waals surface area contributed by atoms with Gasteiger partial charge in [0.25, 0.3) is 0 Å². The van der Waals surface area contributed by atoms with E-state index in [1.54, 1.807) is 7.11 Å². The molecule has 1 saturated heterocycles. The van der Waals surface area contributed by atoms with Crippen LogP contribution in [0, 0.1) is 5.41 Å². The van der Waals surface area contributed by atoms with Crippen LogP contribution >= 0.6 is 0 Å². The number of benzene rings is 1. The molecule has 7 atom stereocenters. The molecule has 2 fully saturated rings. The average Bonchev–Trinajstić information content (AvgIpc) is 3.28. The van der Waals surface area contributed by atoms with E-state index in [4.69, 9.17) is 9.47 Å². The van der Waals surface area contributed by atoms with E-state index < -0.39 is 34.5 Å². The Balaban J connectivity index is 1.85. The Morgan fingerprint density at radius 1 is 1.37 bits per heavy atom. The third kappa shape index (κ3) is 1.95. The molecule has 7 heteroatoms. The van der Waals surface area contributed by atoms with Gasteiger partial charge in [-0.1, -0.05) is 19.1 Å². The monoisotopic (exact) mass is 415 g/mol. The van der Waals surface area contributed by atoms with Crippen LogP contribution < -0.4 is 14.5 Å². The minimum Gasteiger partial charge on any atom is -0.497 e. The van der Waals surface area contributed by atoms with Crippen LogP contribution in [0.5, 0.6) is 5.75 Å². The summed E-state index contributed by atoms with van der Waals surface area (Å²) in [7, 11) is 4.80. The summed E-state index contributed by atoms with van der Waals surface area (Å²) in [6.07, 6.45) is 4.35. The number of quaternary nitrogens is 1. The number of esters is 1. The van der Waals surface area contributed by atoms with Crippen LogP contribution in [0.15, 0.2) is 30.4 Å². The van der Waals surface area contributed by atoms with Crippen LogP contribution in [-0.4, -0.2) is 74.3 Å². The number of carbonyl (C=O) groups is 1. The molecule has 1 aromatic rings. The molecule has 3 N–H and O–H groups in total. The normalized spacial score (nSPS) is 43.1. The van der Waals surface area contributed by atoms with Gasteiger partial charge in [-0.15, -0.1) is 0 Å². The molecule has 0 amide bonds. The number of nitrogens with one attached hydrogen (secondary N) is 1. The highest BCUT2D eigenvalue weighted by Gasteiger charge is 2.81. The average molecular weight is 416 g/mol. The third-order valence-electron chi connectivity index (χ3n) is 8.56. The predicted octanol–water partition coefficient (Wildman–Crippen LogP) is -0.347. The Morgan fingerprint density at radius 2 is 2.13 bits per heavy atom. The van der Waals surface area contributed by atoms with Gasteiger partial charge in [0, 0.05) is 25.2 Å².